The number of ether oxygens (including phenoxy) is 3. The predicted octanol–water partition coefficient (Wildman–Crippen LogP) is 0.835. The standard InChI is InChI=1S/C16H17N3O6S/c20-13(21)7-12-15(22)18-16(26-12)19-17-8-10-2-1-3-11(6-10)25-9-14-23-4-5-24-14/h1-3,6,8,12,14H,4-5,7,9H2,(H,20,21)(H,18,19,22). The Kier molecular flexibility index (Phi) is 6.21. The summed E-state index contributed by atoms with van der Waals surface area (Å²) >= 11 is 1.05. The Balaban J connectivity index is 1.54. The summed E-state index contributed by atoms with van der Waals surface area (Å²) in [5, 5.41) is 18.7. The molecular weight excluding hydrogens is 362 g/mol. The molecule has 0 bridgehead atoms. The van der Waals surface area contributed by atoms with Crippen LogP contribution in [0.2, 0.25) is 0 Å². The summed E-state index contributed by atoms with van der Waals surface area (Å²) in [7, 11) is 0. The van der Waals surface area contributed by atoms with Crippen molar-refractivity contribution in [1.82, 2.24) is 5.32 Å². The number of carboxylic acid groups (broad SMARTS) is 1. The van der Waals surface area contributed by atoms with Crippen molar-refractivity contribution in [2.45, 2.75) is 18.0 Å². The first-order valence-corrected chi connectivity index (χ1v) is 8.74. The second-order valence-electron chi connectivity index (χ2n) is 5.40. The summed E-state index contributed by atoms with van der Waals surface area (Å²) in [6, 6.07) is 7.23. The first-order chi connectivity index (χ1) is 12.6. The van der Waals surface area contributed by atoms with Gasteiger partial charge in [0.2, 0.25) is 5.91 Å². The molecule has 26 heavy (non-hydrogen) atoms. The molecule has 2 aliphatic rings. The molecule has 0 aromatic heterocycles. The van der Waals surface area contributed by atoms with Crippen molar-refractivity contribution in [3.8, 4) is 5.75 Å². The van der Waals surface area contributed by atoms with Crippen molar-refractivity contribution in [2.75, 3.05) is 19.8 Å². The molecule has 1 aromatic carbocycles. The number of benzene rings is 1. The number of nitrogens with one attached hydrogen (secondary N) is 1. The van der Waals surface area contributed by atoms with Gasteiger partial charge in [0.1, 0.15) is 17.6 Å². The average Bonchev–Trinajstić information content (AvgIpc) is 3.23. The van der Waals surface area contributed by atoms with Crippen LogP contribution >= 0.6 is 11.8 Å². The van der Waals surface area contributed by atoms with E-state index in [0.29, 0.717) is 25.6 Å². The number of carboxylic acids is 1. The van der Waals surface area contributed by atoms with E-state index in [0.717, 1.165) is 17.3 Å². The largest absolute Gasteiger partial charge is 0.488 e. The van der Waals surface area contributed by atoms with E-state index in [4.69, 9.17) is 19.3 Å². The molecule has 2 aliphatic heterocycles. The maximum atomic E-state index is 11.6. The van der Waals surface area contributed by atoms with Crippen LogP contribution in [0, 0.1) is 0 Å². The zero-order valence-corrected chi connectivity index (χ0v) is 14.5. The lowest BCUT2D eigenvalue weighted by molar-refractivity contribution is -0.138. The third kappa shape index (κ3) is 5.28. The Morgan fingerprint density at radius 2 is 2.23 bits per heavy atom. The number of aliphatic carboxylic acids is 1. The molecule has 0 radical (unpaired) electrons. The van der Waals surface area contributed by atoms with Crippen molar-refractivity contribution in [3.63, 3.8) is 0 Å². The van der Waals surface area contributed by atoms with Crippen LogP contribution in [0.3, 0.4) is 0 Å². The third-order valence-corrected chi connectivity index (χ3v) is 4.50. The van der Waals surface area contributed by atoms with Crippen LogP contribution in [0.5, 0.6) is 5.75 Å². The molecule has 9 nitrogen and oxygen atoms in total. The predicted molar refractivity (Wildman–Crippen MR) is 94.4 cm³/mol. The number of hydrogen-bond acceptors (Lipinski definition) is 8. The number of amides is 1. The minimum absolute atomic E-state index is 0.257. The zero-order chi connectivity index (χ0) is 18.4. The van der Waals surface area contributed by atoms with Crippen molar-refractivity contribution in [3.05, 3.63) is 29.8 Å². The molecule has 1 aromatic rings. The van der Waals surface area contributed by atoms with Crippen molar-refractivity contribution < 1.29 is 28.9 Å². The molecule has 2 saturated heterocycles. The summed E-state index contributed by atoms with van der Waals surface area (Å²) in [4.78, 5) is 22.3. The quantitative estimate of drug-likeness (QED) is 0.532. The van der Waals surface area contributed by atoms with Gasteiger partial charge in [0.15, 0.2) is 11.5 Å². The van der Waals surface area contributed by atoms with Crippen LogP contribution in [0.15, 0.2) is 34.5 Å². The maximum absolute atomic E-state index is 11.6. The molecule has 10 heteroatoms. The highest BCUT2D eigenvalue weighted by Crippen LogP contribution is 2.22. The SMILES string of the molecule is O=C(O)CC1SC(=NN=Cc2cccc(OCC3OCCO3)c2)NC1=O. The number of amidine groups is 1. The first kappa shape index (κ1) is 18.4. The van der Waals surface area contributed by atoms with Gasteiger partial charge in [0.25, 0.3) is 0 Å². The van der Waals surface area contributed by atoms with Crippen LogP contribution in [-0.2, 0) is 19.1 Å². The maximum Gasteiger partial charge on any atom is 0.305 e. The summed E-state index contributed by atoms with van der Waals surface area (Å²) < 4.78 is 16.2. The number of rotatable bonds is 7. The molecule has 2 fully saturated rings. The molecule has 138 valence electrons. The molecule has 3 rings (SSSR count). The Morgan fingerprint density at radius 3 is 3.00 bits per heavy atom. The van der Waals surface area contributed by atoms with E-state index >= 15 is 0 Å². The van der Waals surface area contributed by atoms with Crippen LogP contribution in [0.4, 0.5) is 0 Å². The highest BCUT2D eigenvalue weighted by atomic mass is 32.2. The molecule has 0 aliphatic carbocycles. The van der Waals surface area contributed by atoms with E-state index in [1.165, 1.54) is 6.21 Å². The van der Waals surface area contributed by atoms with Gasteiger partial charge in [-0.25, -0.2) is 0 Å². The number of thioether (sulfide) groups is 1. The fourth-order valence-corrected chi connectivity index (χ4v) is 3.16. The Labute approximate surface area is 153 Å². The molecule has 2 N–H and O–H groups in total. The molecule has 1 unspecified atom stereocenters. The molecule has 1 amide bonds. The van der Waals surface area contributed by atoms with Crippen LogP contribution in [0.25, 0.3) is 0 Å². The summed E-state index contributed by atoms with van der Waals surface area (Å²) in [6.07, 6.45) is 0.910. The van der Waals surface area contributed by atoms with E-state index in [9.17, 15) is 9.59 Å². The molecule has 0 spiro atoms. The lowest BCUT2D eigenvalue weighted by atomic mass is 10.2. The van der Waals surface area contributed by atoms with E-state index in [-0.39, 0.29) is 23.8 Å². The van der Waals surface area contributed by atoms with Gasteiger partial charge in [-0.15, -0.1) is 5.10 Å². The topological polar surface area (TPSA) is 119 Å². The second kappa shape index (κ2) is 8.79. The highest BCUT2D eigenvalue weighted by molar-refractivity contribution is 8.15. The van der Waals surface area contributed by atoms with Crippen LogP contribution < -0.4 is 10.1 Å². The van der Waals surface area contributed by atoms with Crippen LogP contribution in [-0.4, -0.2) is 59.7 Å². The molecule has 2 heterocycles. The van der Waals surface area contributed by atoms with Gasteiger partial charge in [-0.05, 0) is 17.7 Å². The minimum Gasteiger partial charge on any atom is -0.488 e. The number of carbonyl (C=O) groups excluding carboxylic acids is 1. The first-order valence-electron chi connectivity index (χ1n) is 7.86. The normalized spacial score (nSPS) is 22.2. The second-order valence-corrected chi connectivity index (χ2v) is 6.59. The minimum atomic E-state index is -1.03. The average molecular weight is 379 g/mol. The Bertz CT molecular complexity index is 732. The lowest BCUT2D eigenvalue weighted by Crippen LogP contribution is -2.26. The fourth-order valence-electron chi connectivity index (χ4n) is 2.25. The van der Waals surface area contributed by atoms with E-state index in [2.05, 4.69) is 15.5 Å². The van der Waals surface area contributed by atoms with Crippen molar-refractivity contribution >= 4 is 35.0 Å². The number of hydrogen-bond donors (Lipinski definition) is 2. The van der Waals surface area contributed by atoms with Crippen molar-refractivity contribution in [2.24, 2.45) is 10.2 Å². The Morgan fingerprint density at radius 1 is 1.42 bits per heavy atom. The van der Waals surface area contributed by atoms with Gasteiger partial charge in [0.05, 0.1) is 25.8 Å². The summed E-state index contributed by atoms with van der Waals surface area (Å²) in [5.74, 6) is -0.767. The lowest BCUT2D eigenvalue weighted by Gasteiger charge is -2.11. The van der Waals surface area contributed by atoms with E-state index in [1.54, 1.807) is 6.07 Å². The number of nitrogens with zero attached hydrogens (tertiary/aromatic N) is 2. The molecular formula is C16H17N3O6S. The van der Waals surface area contributed by atoms with Gasteiger partial charge >= 0.3 is 5.97 Å². The van der Waals surface area contributed by atoms with Gasteiger partial charge < -0.3 is 24.6 Å². The monoisotopic (exact) mass is 379 g/mol. The molecule has 1 atom stereocenters. The molecule has 0 saturated carbocycles. The zero-order valence-electron chi connectivity index (χ0n) is 13.7. The van der Waals surface area contributed by atoms with Crippen molar-refractivity contribution in [1.29, 1.82) is 0 Å². The van der Waals surface area contributed by atoms with Gasteiger partial charge in [-0.3, -0.25) is 9.59 Å². The summed E-state index contributed by atoms with van der Waals surface area (Å²) in [6.45, 7) is 1.45. The number of carbonyl (C=O) groups is 2. The van der Waals surface area contributed by atoms with Gasteiger partial charge in [0, 0.05) is 0 Å². The highest BCUT2D eigenvalue weighted by Gasteiger charge is 2.32. The van der Waals surface area contributed by atoms with E-state index < -0.39 is 11.2 Å². The Hall–Kier alpha value is -2.43. The van der Waals surface area contributed by atoms with E-state index in [1.807, 2.05) is 18.2 Å². The van der Waals surface area contributed by atoms with Crippen LogP contribution in [0.1, 0.15) is 12.0 Å². The van der Waals surface area contributed by atoms with Gasteiger partial charge in [-0.1, -0.05) is 23.9 Å². The van der Waals surface area contributed by atoms with Gasteiger partial charge in [-0.2, -0.15) is 5.10 Å². The fraction of sp³-hybridized carbons (Fsp3) is 0.375. The smallest absolute Gasteiger partial charge is 0.305 e. The summed E-state index contributed by atoms with van der Waals surface area (Å²) in [5.41, 5.74) is 0.761. The third-order valence-electron chi connectivity index (χ3n) is 3.43.